The fraction of sp³-hybridized carbons (Fsp3) is 0.536. The minimum absolute atomic E-state index is 0.0492. The maximum Gasteiger partial charge on any atom is 0.306 e. The van der Waals surface area contributed by atoms with Gasteiger partial charge in [0.15, 0.2) is 8.32 Å². The van der Waals surface area contributed by atoms with E-state index in [4.69, 9.17) is 18.6 Å². The maximum atomic E-state index is 11.8. The van der Waals surface area contributed by atoms with E-state index in [1.54, 1.807) is 0 Å². The van der Waals surface area contributed by atoms with Gasteiger partial charge in [-0.05, 0) is 47.0 Å². The Morgan fingerprint density at radius 1 is 1.09 bits per heavy atom. The predicted octanol–water partition coefficient (Wildman–Crippen LogP) is 5.70. The summed E-state index contributed by atoms with van der Waals surface area (Å²) in [4.78, 5) is 11.8. The van der Waals surface area contributed by atoms with Gasteiger partial charge in [-0.1, -0.05) is 69.3 Å². The molecule has 7 heteroatoms. The second-order valence-corrected chi connectivity index (χ2v) is 15.9. The monoisotopic (exact) mass is 498 g/mol. The molecule has 0 bridgehead atoms. The van der Waals surface area contributed by atoms with Gasteiger partial charge in [0.05, 0.1) is 31.8 Å². The third-order valence-corrected chi connectivity index (χ3v) is 12.0. The summed E-state index contributed by atoms with van der Waals surface area (Å²) >= 11 is 0. The van der Waals surface area contributed by atoms with Crippen LogP contribution in [0.25, 0.3) is 10.8 Å². The van der Waals surface area contributed by atoms with E-state index in [9.17, 15) is 9.90 Å². The van der Waals surface area contributed by atoms with Crippen LogP contribution in [0.15, 0.2) is 54.6 Å². The molecule has 0 aromatic heterocycles. The van der Waals surface area contributed by atoms with E-state index in [1.807, 2.05) is 24.3 Å². The van der Waals surface area contributed by atoms with E-state index < -0.39 is 32.6 Å². The number of rotatable bonds is 7. The number of carboxylic acids is 1. The minimum Gasteiger partial charge on any atom is -0.481 e. The fourth-order valence-electron chi connectivity index (χ4n) is 4.55. The summed E-state index contributed by atoms with van der Waals surface area (Å²) in [5.41, 5.74) is 1.05. The number of carbonyl (C=O) groups is 1. The summed E-state index contributed by atoms with van der Waals surface area (Å²) in [6.45, 7) is 11.7. The lowest BCUT2D eigenvalue weighted by Crippen LogP contribution is -2.63. The Balaban J connectivity index is 1.65. The standard InChI is InChI=1S/C28H38O6Si/c1-28(2,3)35(4,5)34-26-23(17-24(29)30)33-22-12-8-9-15-31-25(22)27(26)32-18-19-13-14-20-10-6-7-11-21(20)16-19/h6-11,13-14,16,22-23,25-27H,12,15,17-18H2,1-5H3,(H,29,30)/t22-,23+,25-,26+,27+/m0/s1. The van der Waals surface area contributed by atoms with Crippen LogP contribution in [0.5, 0.6) is 0 Å². The molecule has 2 aliphatic heterocycles. The van der Waals surface area contributed by atoms with Crippen LogP contribution >= 0.6 is 0 Å². The highest BCUT2D eigenvalue weighted by atomic mass is 28.4. The Hall–Kier alpha value is -2.03. The first-order valence-corrected chi connectivity index (χ1v) is 15.4. The molecule has 2 heterocycles. The van der Waals surface area contributed by atoms with Gasteiger partial charge < -0.3 is 23.7 Å². The first-order valence-electron chi connectivity index (χ1n) is 12.5. The molecule has 190 valence electrons. The molecule has 2 aromatic rings. The average Bonchev–Trinajstić information content (AvgIpc) is 3.02. The Morgan fingerprint density at radius 3 is 2.54 bits per heavy atom. The van der Waals surface area contributed by atoms with Gasteiger partial charge in [0.25, 0.3) is 0 Å². The molecule has 1 saturated heterocycles. The van der Waals surface area contributed by atoms with Crippen molar-refractivity contribution < 1.29 is 28.5 Å². The predicted molar refractivity (Wildman–Crippen MR) is 139 cm³/mol. The fourth-order valence-corrected chi connectivity index (χ4v) is 5.87. The number of hydrogen-bond acceptors (Lipinski definition) is 5. The van der Waals surface area contributed by atoms with Gasteiger partial charge in [-0.15, -0.1) is 0 Å². The number of fused-ring (bicyclic) bond motifs is 2. The molecule has 0 radical (unpaired) electrons. The smallest absolute Gasteiger partial charge is 0.306 e. The Bertz CT molecular complexity index is 1060. The van der Waals surface area contributed by atoms with E-state index in [-0.39, 0.29) is 23.7 Å². The molecule has 0 saturated carbocycles. The zero-order valence-electron chi connectivity index (χ0n) is 21.4. The summed E-state index contributed by atoms with van der Waals surface area (Å²) < 4.78 is 26.0. The van der Waals surface area contributed by atoms with Crippen LogP contribution in [0.1, 0.15) is 39.2 Å². The second kappa shape index (κ2) is 10.5. The average molecular weight is 499 g/mol. The van der Waals surface area contributed by atoms with Crippen molar-refractivity contribution in [2.75, 3.05) is 6.61 Å². The van der Waals surface area contributed by atoms with Crippen LogP contribution < -0.4 is 0 Å². The number of ether oxygens (including phenoxy) is 3. The second-order valence-electron chi connectivity index (χ2n) is 11.1. The van der Waals surface area contributed by atoms with Crippen molar-refractivity contribution in [1.82, 2.24) is 0 Å². The number of aliphatic carboxylic acids is 1. The maximum absolute atomic E-state index is 11.8. The molecule has 1 fully saturated rings. The molecule has 2 aromatic carbocycles. The lowest BCUT2D eigenvalue weighted by molar-refractivity contribution is -0.243. The topological polar surface area (TPSA) is 74.2 Å². The third-order valence-electron chi connectivity index (χ3n) is 7.52. The van der Waals surface area contributed by atoms with Gasteiger partial charge in [0, 0.05) is 0 Å². The van der Waals surface area contributed by atoms with Crippen molar-refractivity contribution in [2.45, 2.75) is 88.9 Å². The summed E-state index contributed by atoms with van der Waals surface area (Å²) in [6.07, 6.45) is 2.33. The number of benzene rings is 2. The molecular formula is C28H38O6Si. The van der Waals surface area contributed by atoms with Crippen molar-refractivity contribution in [1.29, 1.82) is 0 Å². The van der Waals surface area contributed by atoms with E-state index in [0.717, 1.165) is 10.9 Å². The summed E-state index contributed by atoms with van der Waals surface area (Å²) in [5.74, 6) is -0.907. The van der Waals surface area contributed by atoms with Crippen molar-refractivity contribution in [2.24, 2.45) is 0 Å². The zero-order valence-corrected chi connectivity index (χ0v) is 22.4. The van der Waals surface area contributed by atoms with Crippen LogP contribution in [0, 0.1) is 0 Å². The first-order chi connectivity index (χ1) is 16.5. The van der Waals surface area contributed by atoms with E-state index in [2.05, 4.69) is 64.2 Å². The van der Waals surface area contributed by atoms with Gasteiger partial charge >= 0.3 is 5.97 Å². The van der Waals surface area contributed by atoms with Crippen molar-refractivity contribution in [3.63, 3.8) is 0 Å². The largest absolute Gasteiger partial charge is 0.481 e. The summed E-state index contributed by atoms with van der Waals surface area (Å²) in [5, 5.41) is 12.0. The van der Waals surface area contributed by atoms with E-state index in [0.29, 0.717) is 19.6 Å². The molecule has 35 heavy (non-hydrogen) atoms. The third kappa shape index (κ3) is 6.04. The van der Waals surface area contributed by atoms with Crippen LogP contribution in [-0.2, 0) is 30.0 Å². The van der Waals surface area contributed by atoms with Crippen molar-refractivity contribution in [3.8, 4) is 0 Å². The van der Waals surface area contributed by atoms with E-state index in [1.165, 1.54) is 5.39 Å². The molecule has 6 nitrogen and oxygen atoms in total. The molecular weight excluding hydrogens is 460 g/mol. The van der Waals surface area contributed by atoms with Gasteiger partial charge in [-0.3, -0.25) is 4.79 Å². The Kier molecular flexibility index (Phi) is 7.83. The molecule has 0 aliphatic carbocycles. The highest BCUT2D eigenvalue weighted by Gasteiger charge is 2.52. The van der Waals surface area contributed by atoms with Crippen LogP contribution in [0.3, 0.4) is 0 Å². The van der Waals surface area contributed by atoms with Gasteiger partial charge in [-0.2, -0.15) is 0 Å². The summed E-state index contributed by atoms with van der Waals surface area (Å²) in [6, 6.07) is 14.6. The molecule has 0 unspecified atom stereocenters. The van der Waals surface area contributed by atoms with Crippen molar-refractivity contribution >= 4 is 25.1 Å². The Labute approximate surface area is 209 Å². The number of carboxylic acid groups (broad SMARTS) is 1. The molecule has 5 atom stereocenters. The Morgan fingerprint density at radius 2 is 1.83 bits per heavy atom. The van der Waals surface area contributed by atoms with Crippen LogP contribution in [0.2, 0.25) is 18.1 Å². The van der Waals surface area contributed by atoms with Crippen LogP contribution in [0.4, 0.5) is 0 Å². The molecule has 0 spiro atoms. The molecule has 0 amide bonds. The van der Waals surface area contributed by atoms with Gasteiger partial charge in [0.2, 0.25) is 0 Å². The molecule has 4 rings (SSSR count). The normalized spacial score (nSPS) is 27.4. The van der Waals surface area contributed by atoms with Crippen molar-refractivity contribution in [3.05, 3.63) is 60.2 Å². The molecule has 1 N–H and O–H groups in total. The minimum atomic E-state index is -2.26. The van der Waals surface area contributed by atoms with Crippen LogP contribution in [-0.4, -0.2) is 56.5 Å². The quantitative estimate of drug-likeness (QED) is 0.390. The zero-order chi connectivity index (χ0) is 25.2. The lowest BCUT2D eigenvalue weighted by atomic mass is 9.91. The lowest BCUT2D eigenvalue weighted by Gasteiger charge is -2.49. The highest BCUT2D eigenvalue weighted by molar-refractivity contribution is 6.74. The highest BCUT2D eigenvalue weighted by Crippen LogP contribution is 2.41. The van der Waals surface area contributed by atoms with Gasteiger partial charge in [-0.25, -0.2) is 0 Å². The molecule has 2 aliphatic rings. The summed E-state index contributed by atoms with van der Waals surface area (Å²) in [7, 11) is -2.26. The first kappa shape index (κ1) is 26.0. The number of hydrogen-bond donors (Lipinski definition) is 1. The SMILES string of the molecule is CC(C)(C)[Si](C)(C)O[C@H]1[C@H](OCc2ccc3ccccc3c2)[C@H]2OCC=CC[C@@H]2O[C@@H]1CC(=O)O. The van der Waals surface area contributed by atoms with Gasteiger partial charge in [0.1, 0.15) is 18.3 Å². The van der Waals surface area contributed by atoms with E-state index >= 15 is 0 Å².